The first-order chi connectivity index (χ1) is 40.6. The van der Waals surface area contributed by atoms with Crippen molar-refractivity contribution in [1.82, 2.24) is 19.9 Å². The van der Waals surface area contributed by atoms with Crippen molar-refractivity contribution < 1.29 is 0 Å². The van der Waals surface area contributed by atoms with Gasteiger partial charge in [0, 0.05) is 33.7 Å². The Morgan fingerprint density at radius 2 is 0.598 bits per heavy atom. The monoisotopic (exact) mass is 1040 g/mol. The van der Waals surface area contributed by atoms with Crippen LogP contribution in [-0.4, -0.2) is 19.9 Å². The molecule has 0 bridgehead atoms. The molecule has 4 nitrogen and oxygen atoms in total. The summed E-state index contributed by atoms with van der Waals surface area (Å²) < 4.78 is 0. The zero-order chi connectivity index (χ0) is 54.2. The van der Waals surface area contributed by atoms with Crippen molar-refractivity contribution >= 4 is 21.7 Å². The fourth-order valence-electron chi connectivity index (χ4n) is 13.7. The highest BCUT2D eigenvalue weighted by Crippen LogP contribution is 2.58. The second-order valence-electron chi connectivity index (χ2n) is 21.6. The summed E-state index contributed by atoms with van der Waals surface area (Å²) in [5.41, 5.74) is 22.5. The van der Waals surface area contributed by atoms with E-state index in [1.165, 1.54) is 66.8 Å². The van der Waals surface area contributed by atoms with Crippen LogP contribution >= 0.6 is 0 Å². The molecule has 0 amide bonds. The van der Waals surface area contributed by atoms with Crippen molar-refractivity contribution in [3.63, 3.8) is 0 Å². The van der Waals surface area contributed by atoms with E-state index in [2.05, 4.69) is 291 Å². The van der Waals surface area contributed by atoms with Gasteiger partial charge in [-0.2, -0.15) is 0 Å². The van der Waals surface area contributed by atoms with Gasteiger partial charge in [0.1, 0.15) is 0 Å². The van der Waals surface area contributed by atoms with Gasteiger partial charge in [-0.1, -0.05) is 273 Å². The van der Waals surface area contributed by atoms with Crippen LogP contribution in [0.25, 0.3) is 100 Å². The van der Waals surface area contributed by atoms with E-state index < -0.39 is 10.8 Å². The van der Waals surface area contributed by atoms with E-state index in [0.29, 0.717) is 17.5 Å². The van der Waals surface area contributed by atoms with Crippen molar-refractivity contribution in [3.8, 4) is 78.7 Å². The zero-order valence-electron chi connectivity index (χ0n) is 44.7. The van der Waals surface area contributed by atoms with Crippen molar-refractivity contribution in [1.29, 1.82) is 0 Å². The fourth-order valence-corrected chi connectivity index (χ4v) is 13.7. The summed E-state index contributed by atoms with van der Waals surface area (Å²) in [5.74, 6) is 1.81. The van der Waals surface area contributed by atoms with E-state index in [1.54, 1.807) is 0 Å². The molecule has 0 radical (unpaired) electrons. The average molecular weight is 1040 g/mol. The van der Waals surface area contributed by atoms with E-state index in [-0.39, 0.29) is 0 Å². The molecule has 12 aromatic carbocycles. The lowest BCUT2D eigenvalue weighted by atomic mass is 9.67. The van der Waals surface area contributed by atoms with E-state index in [0.717, 1.165) is 60.6 Å². The summed E-state index contributed by atoms with van der Waals surface area (Å²) in [6.07, 6.45) is 1.86. The molecule has 82 heavy (non-hydrogen) atoms. The normalized spacial score (nSPS) is 13.3. The zero-order valence-corrected chi connectivity index (χ0v) is 44.7. The van der Waals surface area contributed by atoms with Gasteiger partial charge < -0.3 is 0 Å². The SMILES string of the molecule is c1ccc(C2(c3ccccc3)c3ccccc3-c3cc(-c4ccc(-c5nc(-c6ccc(-c7ccc8c(c7)-c7ccccc7C8(c7ccccc7)c7ccccc7)cc6)nc(-c6ccc7c(ccc8cccnc87)c6)n5)cc4)ccc32)cc1. The minimum Gasteiger partial charge on any atom is -0.256 e. The highest BCUT2D eigenvalue weighted by atomic mass is 15.0. The molecule has 0 aliphatic heterocycles. The van der Waals surface area contributed by atoms with Crippen LogP contribution in [0.3, 0.4) is 0 Å². The maximum absolute atomic E-state index is 5.27. The maximum Gasteiger partial charge on any atom is 0.164 e. The van der Waals surface area contributed by atoms with Crippen LogP contribution in [0.2, 0.25) is 0 Å². The Balaban J connectivity index is 0.783. The summed E-state index contributed by atoms with van der Waals surface area (Å²) in [4.78, 5) is 20.5. The van der Waals surface area contributed by atoms with Crippen molar-refractivity contribution in [2.24, 2.45) is 0 Å². The smallest absolute Gasteiger partial charge is 0.164 e. The molecule has 0 saturated carbocycles. The number of hydrogen-bond acceptors (Lipinski definition) is 4. The lowest BCUT2D eigenvalue weighted by Gasteiger charge is -2.33. The van der Waals surface area contributed by atoms with Gasteiger partial charge in [0.05, 0.1) is 16.3 Å². The number of benzene rings is 12. The Kier molecular flexibility index (Phi) is 11.0. The molecule has 0 N–H and O–H groups in total. The van der Waals surface area contributed by atoms with Crippen LogP contribution < -0.4 is 0 Å². The van der Waals surface area contributed by atoms with Crippen molar-refractivity contribution in [2.75, 3.05) is 0 Å². The van der Waals surface area contributed by atoms with Crippen LogP contribution in [0.5, 0.6) is 0 Å². The minimum atomic E-state index is -0.450. The molecule has 14 aromatic rings. The highest BCUT2D eigenvalue weighted by molar-refractivity contribution is 6.06. The highest BCUT2D eigenvalue weighted by Gasteiger charge is 2.47. The molecule has 0 saturated heterocycles. The quantitative estimate of drug-likeness (QED) is 0.135. The summed E-state index contributed by atoms with van der Waals surface area (Å²) in [5, 5.41) is 3.27. The van der Waals surface area contributed by atoms with Gasteiger partial charge in [-0.3, -0.25) is 4.98 Å². The Labute approximate surface area is 476 Å². The molecule has 16 rings (SSSR count). The predicted octanol–water partition coefficient (Wildman–Crippen LogP) is 18.6. The minimum absolute atomic E-state index is 0.450. The number of pyridine rings is 1. The molecule has 0 atom stereocenters. The van der Waals surface area contributed by atoms with Gasteiger partial charge in [0.25, 0.3) is 0 Å². The van der Waals surface area contributed by atoms with Crippen LogP contribution in [0.4, 0.5) is 0 Å². The molecular weight excluding hydrogens is 993 g/mol. The number of hydrogen-bond donors (Lipinski definition) is 0. The fraction of sp³-hybridized carbons (Fsp3) is 0.0256. The molecule has 2 heterocycles. The second-order valence-corrected chi connectivity index (χ2v) is 21.6. The third kappa shape index (κ3) is 7.31. The van der Waals surface area contributed by atoms with E-state index in [4.69, 9.17) is 19.9 Å². The molecule has 2 aliphatic rings. The summed E-state index contributed by atoms with van der Waals surface area (Å²) in [7, 11) is 0. The van der Waals surface area contributed by atoms with E-state index >= 15 is 0 Å². The molecular formula is C78H50N4. The third-order valence-electron chi connectivity index (χ3n) is 17.4. The number of aromatic nitrogens is 4. The van der Waals surface area contributed by atoms with Gasteiger partial charge in [-0.05, 0) is 119 Å². The molecule has 0 fully saturated rings. The van der Waals surface area contributed by atoms with Gasteiger partial charge in [0.15, 0.2) is 17.5 Å². The molecule has 2 aromatic heterocycles. The Bertz CT molecular complexity index is 4450. The standard InChI is InChI=1S/C78H50N4/c1-5-19-60(20-6-1)77(61-21-7-2-8-22-61)69-29-15-13-27-65(69)67-49-56(42-45-71(67)77)51-31-36-54(37-32-51)74-80-75(82-76(81-74)59-41-44-64-58(48-59)40-35-53-18-17-47-79-73(53)64)55-38-33-52(34-39-55)57-43-46-72-68(50-57)66-28-14-16-30-70(66)78(72,62-23-9-3-10-24-62)63-25-11-4-12-26-63/h1-50H. The molecule has 382 valence electrons. The predicted molar refractivity (Wildman–Crippen MR) is 334 cm³/mol. The first kappa shape index (κ1) is 47.3. The number of rotatable bonds is 9. The van der Waals surface area contributed by atoms with Gasteiger partial charge >= 0.3 is 0 Å². The second kappa shape index (κ2) is 19.0. The lowest BCUT2D eigenvalue weighted by molar-refractivity contribution is 0.768. The Hall–Kier alpha value is -10.7. The Morgan fingerprint density at radius 1 is 0.232 bits per heavy atom. The maximum atomic E-state index is 5.27. The van der Waals surface area contributed by atoms with E-state index in [9.17, 15) is 0 Å². The van der Waals surface area contributed by atoms with Crippen LogP contribution in [-0.2, 0) is 10.8 Å². The van der Waals surface area contributed by atoms with Gasteiger partial charge in [-0.15, -0.1) is 0 Å². The Morgan fingerprint density at radius 3 is 1.06 bits per heavy atom. The first-order valence-electron chi connectivity index (χ1n) is 28.1. The van der Waals surface area contributed by atoms with Gasteiger partial charge in [0.2, 0.25) is 0 Å². The first-order valence-corrected chi connectivity index (χ1v) is 28.1. The summed E-state index contributed by atoms with van der Waals surface area (Å²) >= 11 is 0. The summed E-state index contributed by atoms with van der Waals surface area (Å²) in [6, 6.07) is 108. The van der Waals surface area contributed by atoms with Crippen molar-refractivity contribution in [3.05, 3.63) is 348 Å². The number of fused-ring (bicyclic) bond motifs is 9. The average Bonchev–Trinajstić information content (AvgIpc) is 2.91. The van der Waals surface area contributed by atoms with Crippen LogP contribution in [0.15, 0.2) is 303 Å². The van der Waals surface area contributed by atoms with Crippen LogP contribution in [0, 0.1) is 0 Å². The summed E-state index contributed by atoms with van der Waals surface area (Å²) in [6.45, 7) is 0. The molecule has 0 unspecified atom stereocenters. The molecule has 2 aliphatic carbocycles. The lowest BCUT2D eigenvalue weighted by Crippen LogP contribution is -2.28. The van der Waals surface area contributed by atoms with Gasteiger partial charge in [-0.25, -0.2) is 15.0 Å². The third-order valence-corrected chi connectivity index (χ3v) is 17.4. The van der Waals surface area contributed by atoms with Crippen molar-refractivity contribution in [2.45, 2.75) is 10.8 Å². The van der Waals surface area contributed by atoms with Crippen LogP contribution in [0.1, 0.15) is 44.5 Å². The number of nitrogens with zero attached hydrogens (tertiary/aromatic N) is 4. The topological polar surface area (TPSA) is 51.6 Å². The van der Waals surface area contributed by atoms with E-state index in [1.807, 2.05) is 12.3 Å². The largest absolute Gasteiger partial charge is 0.256 e. The molecule has 0 spiro atoms. The molecule has 4 heteroatoms.